The van der Waals surface area contributed by atoms with Crippen LogP contribution in [0.3, 0.4) is 0 Å². The van der Waals surface area contributed by atoms with E-state index in [1.807, 2.05) is 0 Å². The van der Waals surface area contributed by atoms with Crippen LogP contribution in [-0.4, -0.2) is 0 Å². The molecule has 2 aromatic rings. The zero-order chi connectivity index (χ0) is 9.54. The van der Waals surface area contributed by atoms with E-state index in [1.165, 1.54) is 16.7 Å². The number of fused-ring (bicyclic) bond motifs is 3. The molecular formula is C13H10Y. The van der Waals surface area contributed by atoms with Gasteiger partial charge in [0.1, 0.15) is 0 Å². The fourth-order valence-corrected chi connectivity index (χ4v) is 5.84. The Balaban J connectivity index is 2.30. The molecule has 1 aliphatic heterocycles. The number of aryl methyl sites for hydroxylation is 1. The van der Waals surface area contributed by atoms with Gasteiger partial charge in [-0.05, 0) is 0 Å². The molecule has 0 saturated heterocycles. The zero-order valence-corrected chi connectivity index (χ0v) is 11.0. The van der Waals surface area contributed by atoms with Gasteiger partial charge in [-0.2, -0.15) is 0 Å². The first kappa shape index (κ1) is 8.82. The van der Waals surface area contributed by atoms with Crippen molar-refractivity contribution in [1.29, 1.82) is 0 Å². The SMILES string of the molecule is Cc1cc[c]2c(c1)-c1cccc[c]1[Y]2. The minimum absolute atomic E-state index is 0.647. The van der Waals surface area contributed by atoms with E-state index in [1.54, 1.807) is 4.75 Å². The van der Waals surface area contributed by atoms with E-state index < -0.39 is 29.2 Å². The van der Waals surface area contributed by atoms with Crippen LogP contribution >= 0.6 is 0 Å². The molecule has 1 heteroatoms. The summed E-state index contributed by atoms with van der Waals surface area (Å²) in [5.41, 5.74) is 4.40. The molecule has 14 heavy (non-hydrogen) atoms. The second-order valence-corrected chi connectivity index (χ2v) is 7.59. The molecule has 0 aromatic heterocycles. The molecule has 0 spiro atoms. The van der Waals surface area contributed by atoms with Gasteiger partial charge in [-0.15, -0.1) is 0 Å². The quantitative estimate of drug-likeness (QED) is 0.576. The number of hydrogen-bond donors (Lipinski definition) is 0. The van der Waals surface area contributed by atoms with Crippen molar-refractivity contribution >= 4 is 4.75 Å². The van der Waals surface area contributed by atoms with Gasteiger partial charge in [-0.3, -0.25) is 0 Å². The van der Waals surface area contributed by atoms with E-state index in [-0.39, 0.29) is 0 Å². The normalized spacial score (nSPS) is 11.2. The predicted octanol–water partition coefficient (Wildman–Crippen LogP) is 2.01. The molecule has 0 nitrogen and oxygen atoms in total. The van der Waals surface area contributed by atoms with E-state index in [2.05, 4.69) is 49.4 Å². The molecule has 0 amide bonds. The van der Waals surface area contributed by atoms with Crippen molar-refractivity contribution in [3.8, 4) is 11.1 Å². The zero-order valence-electron chi connectivity index (χ0n) is 8.12. The molecule has 3 rings (SSSR count). The third-order valence-electron chi connectivity index (χ3n) is 2.77. The molecule has 0 saturated carbocycles. The number of hydrogen-bond acceptors (Lipinski definition) is 0. The molecule has 2 aromatic carbocycles. The average molecular weight is 255 g/mol. The van der Waals surface area contributed by atoms with Gasteiger partial charge >= 0.3 is 100 Å². The van der Waals surface area contributed by atoms with Crippen LogP contribution in [0.1, 0.15) is 5.56 Å². The van der Waals surface area contributed by atoms with Crippen LogP contribution in [0.5, 0.6) is 0 Å². The third kappa shape index (κ3) is 1.29. The van der Waals surface area contributed by atoms with Crippen molar-refractivity contribution in [2.45, 2.75) is 6.92 Å². The summed E-state index contributed by atoms with van der Waals surface area (Å²) in [6.07, 6.45) is 0. The molecule has 0 atom stereocenters. The number of benzene rings is 2. The molecule has 0 bridgehead atoms. The van der Waals surface area contributed by atoms with Crippen LogP contribution in [0.25, 0.3) is 11.1 Å². The molecule has 0 unspecified atom stereocenters. The fraction of sp³-hybridized carbons (Fsp3) is 0.0769. The Bertz CT molecular complexity index is 500. The van der Waals surface area contributed by atoms with Gasteiger partial charge in [-0.1, -0.05) is 0 Å². The summed E-state index contributed by atoms with van der Waals surface area (Å²) in [7, 11) is 0. The summed E-state index contributed by atoms with van der Waals surface area (Å²) >= 11 is -0.647. The Morgan fingerprint density at radius 2 is 1.64 bits per heavy atom. The summed E-state index contributed by atoms with van der Waals surface area (Å²) in [5, 5.41) is 0. The Kier molecular flexibility index (Phi) is 2.07. The fourth-order valence-electron chi connectivity index (χ4n) is 2.06. The number of rotatable bonds is 0. The van der Waals surface area contributed by atoms with Crippen molar-refractivity contribution < 1.29 is 29.2 Å². The monoisotopic (exact) mass is 255 g/mol. The first-order chi connectivity index (χ1) is 6.84. The Labute approximate surface area is 99.3 Å². The Hall–Kier alpha value is -0.456. The van der Waals surface area contributed by atoms with Crippen LogP contribution < -0.4 is 4.75 Å². The summed E-state index contributed by atoms with van der Waals surface area (Å²) in [6, 6.07) is 15.8. The summed E-state index contributed by atoms with van der Waals surface area (Å²) in [6.45, 7) is 2.18. The van der Waals surface area contributed by atoms with E-state index in [0.717, 1.165) is 0 Å². The first-order valence-corrected chi connectivity index (χ1v) is 7.73. The van der Waals surface area contributed by atoms with E-state index in [9.17, 15) is 0 Å². The van der Waals surface area contributed by atoms with Crippen molar-refractivity contribution in [2.75, 3.05) is 0 Å². The van der Waals surface area contributed by atoms with Crippen molar-refractivity contribution in [3.05, 3.63) is 48.0 Å². The Morgan fingerprint density at radius 3 is 2.57 bits per heavy atom. The minimum atomic E-state index is -0.647. The van der Waals surface area contributed by atoms with Crippen LogP contribution in [-0.2, 0) is 29.2 Å². The van der Waals surface area contributed by atoms with Crippen LogP contribution in [0.2, 0.25) is 0 Å². The standard InChI is InChI=1S/C13H10.Y/c1-11-6-5-9-13(10-11)12-7-3-2-4-8-12;/h2-7,10H,1H3;. The summed E-state index contributed by atoms with van der Waals surface area (Å²) in [5.74, 6) is 0. The van der Waals surface area contributed by atoms with Gasteiger partial charge in [0.05, 0.1) is 0 Å². The second kappa shape index (κ2) is 3.29. The second-order valence-electron chi connectivity index (χ2n) is 3.82. The van der Waals surface area contributed by atoms with Gasteiger partial charge in [0, 0.05) is 0 Å². The van der Waals surface area contributed by atoms with Crippen molar-refractivity contribution in [1.82, 2.24) is 0 Å². The molecule has 1 heterocycles. The van der Waals surface area contributed by atoms with Gasteiger partial charge in [-0.25, -0.2) is 0 Å². The molecule has 0 fully saturated rings. The van der Waals surface area contributed by atoms with Gasteiger partial charge in [0.25, 0.3) is 0 Å². The first-order valence-electron chi connectivity index (χ1n) is 4.89. The maximum absolute atomic E-state index is 2.34. The molecule has 65 valence electrons. The van der Waals surface area contributed by atoms with E-state index in [4.69, 9.17) is 0 Å². The predicted molar refractivity (Wildman–Crippen MR) is 55.9 cm³/mol. The summed E-state index contributed by atoms with van der Waals surface area (Å²) < 4.78 is 3.32. The van der Waals surface area contributed by atoms with Crippen LogP contribution in [0.15, 0.2) is 42.5 Å². The van der Waals surface area contributed by atoms with Gasteiger partial charge in [0.2, 0.25) is 0 Å². The molecule has 0 aliphatic carbocycles. The topological polar surface area (TPSA) is 0 Å². The summed E-state index contributed by atoms with van der Waals surface area (Å²) in [4.78, 5) is 0. The molecule has 0 N–H and O–H groups in total. The average Bonchev–Trinajstić information content (AvgIpc) is 2.56. The Morgan fingerprint density at radius 1 is 0.857 bits per heavy atom. The molecule has 0 radical (unpaired) electrons. The molecule has 1 aliphatic rings. The molecular weight excluding hydrogens is 245 g/mol. The van der Waals surface area contributed by atoms with Crippen molar-refractivity contribution in [2.24, 2.45) is 0 Å². The maximum atomic E-state index is 2.34. The third-order valence-corrected chi connectivity index (χ3v) is 6.77. The van der Waals surface area contributed by atoms with Gasteiger partial charge in [0.15, 0.2) is 0 Å². The van der Waals surface area contributed by atoms with Crippen LogP contribution in [0, 0.1) is 6.92 Å². The van der Waals surface area contributed by atoms with E-state index in [0.29, 0.717) is 0 Å². The van der Waals surface area contributed by atoms with Crippen LogP contribution in [0.4, 0.5) is 0 Å². The van der Waals surface area contributed by atoms with E-state index >= 15 is 0 Å². The van der Waals surface area contributed by atoms with Gasteiger partial charge < -0.3 is 0 Å². The van der Waals surface area contributed by atoms with Crippen molar-refractivity contribution in [3.63, 3.8) is 0 Å².